The van der Waals surface area contributed by atoms with E-state index < -0.39 is 0 Å². The Bertz CT molecular complexity index is 68.0. The summed E-state index contributed by atoms with van der Waals surface area (Å²) in [5, 5.41) is 0. The Morgan fingerprint density at radius 1 is 1.22 bits per heavy atom. The summed E-state index contributed by atoms with van der Waals surface area (Å²) in [4.78, 5) is 2.29. The number of hydrogen-bond donors (Lipinski definition) is 0. The van der Waals surface area contributed by atoms with Crippen LogP contribution >= 0.6 is 45.5 Å². The summed E-state index contributed by atoms with van der Waals surface area (Å²) in [5.74, 6) is 0. The van der Waals surface area contributed by atoms with Gasteiger partial charge in [-0.05, 0) is 14.1 Å². The number of likely N-dealkylation sites (N-methyl/N-ethyl adjacent to an activating group) is 2. The first-order chi connectivity index (χ1) is 4.16. The van der Waals surface area contributed by atoms with E-state index >= 15 is 0 Å². The molecule has 0 saturated carbocycles. The zero-order valence-electron chi connectivity index (χ0n) is 5.77. The summed E-state index contributed by atoms with van der Waals surface area (Å²) in [7, 11) is 4.22. The van der Waals surface area contributed by atoms with Crippen molar-refractivity contribution in [2.45, 2.75) is 0 Å². The fourth-order valence-electron chi connectivity index (χ4n) is 0.368. The highest BCUT2D eigenvalue weighted by molar-refractivity contribution is 14.1. The van der Waals surface area contributed by atoms with Crippen molar-refractivity contribution in [2.75, 3.05) is 31.7 Å². The number of rotatable bonds is 4. The Morgan fingerprint density at radius 3 is 2.11 bits per heavy atom. The second-order valence-electron chi connectivity index (χ2n) is 2.03. The first-order valence-electron chi connectivity index (χ1n) is 2.78. The van der Waals surface area contributed by atoms with Gasteiger partial charge in [-0.25, -0.2) is 3.11 Å². The number of hydrogen-bond acceptors (Lipinski definition) is 2. The van der Waals surface area contributed by atoms with E-state index in [-0.39, 0.29) is 0 Å². The van der Waals surface area contributed by atoms with Crippen molar-refractivity contribution in [3.05, 3.63) is 0 Å². The lowest BCUT2D eigenvalue weighted by atomic mass is 10.6. The van der Waals surface area contributed by atoms with Crippen LogP contribution < -0.4 is 0 Å². The van der Waals surface area contributed by atoms with Crippen molar-refractivity contribution in [2.24, 2.45) is 0 Å². The number of alkyl halides is 1. The summed E-state index contributed by atoms with van der Waals surface area (Å²) in [6.45, 7) is 2.29. The highest BCUT2D eigenvalue weighted by Gasteiger charge is 1.95. The molecule has 4 heteroatoms. The molecule has 0 spiro atoms. The van der Waals surface area contributed by atoms with Gasteiger partial charge in [0.05, 0.1) is 4.55 Å². The quantitative estimate of drug-likeness (QED) is 0.328. The van der Waals surface area contributed by atoms with Crippen molar-refractivity contribution in [3.63, 3.8) is 0 Å². The van der Waals surface area contributed by atoms with Crippen LogP contribution in [0.25, 0.3) is 0 Å². The molecule has 0 aliphatic rings. The van der Waals surface area contributed by atoms with Crippen molar-refractivity contribution in [3.8, 4) is 0 Å². The Labute approximate surface area is 84.6 Å². The van der Waals surface area contributed by atoms with Crippen LogP contribution in [0.5, 0.6) is 0 Å². The third-order valence-corrected chi connectivity index (χ3v) is 2.64. The monoisotopic (exact) mass is 354 g/mol. The van der Waals surface area contributed by atoms with Gasteiger partial charge in [-0.1, -0.05) is 22.6 Å². The summed E-state index contributed by atoms with van der Waals surface area (Å²) in [6, 6.07) is 0. The number of halogens is 2. The zero-order chi connectivity index (χ0) is 7.28. The van der Waals surface area contributed by atoms with Gasteiger partial charge in [0.1, 0.15) is 0 Å². The average molecular weight is 354 g/mol. The Hall–Kier alpha value is 1.38. The van der Waals surface area contributed by atoms with Crippen LogP contribution in [0.3, 0.4) is 0 Å². The molecule has 0 radical (unpaired) electrons. The minimum Gasteiger partial charge on any atom is -0.296 e. The van der Waals surface area contributed by atoms with Crippen molar-refractivity contribution >= 4 is 45.5 Å². The van der Waals surface area contributed by atoms with E-state index in [0.717, 1.165) is 17.6 Å². The average Bonchev–Trinajstić information content (AvgIpc) is 1.83. The van der Waals surface area contributed by atoms with Crippen LogP contribution in [-0.4, -0.2) is 39.7 Å². The maximum atomic E-state index is 2.37. The molecule has 0 heterocycles. The van der Waals surface area contributed by atoms with Gasteiger partial charge in [0.25, 0.3) is 0 Å². The van der Waals surface area contributed by atoms with E-state index in [1.165, 1.54) is 0 Å². The fourth-order valence-corrected chi connectivity index (χ4v) is 0.925. The van der Waals surface area contributed by atoms with Crippen LogP contribution in [0.1, 0.15) is 0 Å². The molecule has 0 amide bonds. The minimum atomic E-state index is 1.11. The summed E-state index contributed by atoms with van der Waals surface area (Å²) < 4.78 is 3.28. The van der Waals surface area contributed by atoms with E-state index in [2.05, 4.69) is 67.6 Å². The van der Waals surface area contributed by atoms with E-state index in [4.69, 9.17) is 0 Å². The standard InChI is InChI=1S/C5H12I2N2/c1-8(5-6)3-4-9(2)7/h3-5H2,1-2H3. The van der Waals surface area contributed by atoms with E-state index in [9.17, 15) is 0 Å². The van der Waals surface area contributed by atoms with Crippen LogP contribution in [-0.2, 0) is 0 Å². The predicted octanol–water partition coefficient (Wildman–Crippen LogP) is 1.59. The molecule has 9 heavy (non-hydrogen) atoms. The molecule has 56 valence electrons. The molecule has 0 aliphatic heterocycles. The lowest BCUT2D eigenvalue weighted by Gasteiger charge is -2.14. The maximum absolute atomic E-state index is 2.37. The molecule has 0 N–H and O–H groups in total. The molecule has 0 aromatic carbocycles. The Kier molecular flexibility index (Phi) is 7.05. The van der Waals surface area contributed by atoms with Crippen molar-refractivity contribution in [1.29, 1.82) is 0 Å². The summed E-state index contributed by atoms with van der Waals surface area (Å²) in [5.41, 5.74) is 0. The molecule has 0 aromatic heterocycles. The summed E-state index contributed by atoms with van der Waals surface area (Å²) in [6.07, 6.45) is 0. The molecule has 0 unspecified atom stereocenters. The minimum absolute atomic E-state index is 1.11. The van der Waals surface area contributed by atoms with Crippen molar-refractivity contribution < 1.29 is 0 Å². The fraction of sp³-hybridized carbons (Fsp3) is 1.00. The molecule has 0 atom stereocenters. The van der Waals surface area contributed by atoms with Gasteiger partial charge in [-0.15, -0.1) is 0 Å². The Morgan fingerprint density at radius 2 is 1.78 bits per heavy atom. The van der Waals surface area contributed by atoms with Gasteiger partial charge in [0.15, 0.2) is 0 Å². The third-order valence-electron chi connectivity index (χ3n) is 0.994. The van der Waals surface area contributed by atoms with E-state index in [1.54, 1.807) is 0 Å². The smallest absolute Gasteiger partial charge is 0.0503 e. The van der Waals surface area contributed by atoms with Gasteiger partial charge in [-0.2, -0.15) is 0 Å². The maximum Gasteiger partial charge on any atom is 0.0503 e. The van der Waals surface area contributed by atoms with Crippen LogP contribution in [0.4, 0.5) is 0 Å². The van der Waals surface area contributed by atoms with Crippen molar-refractivity contribution in [1.82, 2.24) is 8.01 Å². The molecule has 0 rings (SSSR count). The van der Waals surface area contributed by atoms with Gasteiger partial charge in [0, 0.05) is 36.0 Å². The van der Waals surface area contributed by atoms with Gasteiger partial charge >= 0.3 is 0 Å². The first kappa shape index (κ1) is 10.4. The largest absolute Gasteiger partial charge is 0.296 e. The molecule has 0 fully saturated rings. The first-order valence-corrected chi connectivity index (χ1v) is 5.27. The lowest BCUT2D eigenvalue weighted by Crippen LogP contribution is -2.24. The molecule has 2 nitrogen and oxygen atoms in total. The molecular formula is C5H12I2N2. The molecule has 0 saturated heterocycles. The SMILES string of the molecule is CN(I)CCN(C)CI. The van der Waals surface area contributed by atoms with Gasteiger partial charge in [-0.3, -0.25) is 4.90 Å². The normalized spacial score (nSPS) is 11.3. The number of nitrogens with zero attached hydrogens (tertiary/aromatic N) is 2. The predicted molar refractivity (Wildman–Crippen MR) is 58.2 cm³/mol. The van der Waals surface area contributed by atoms with Gasteiger partial charge < -0.3 is 0 Å². The molecule has 0 aliphatic carbocycles. The van der Waals surface area contributed by atoms with Crippen LogP contribution in [0.15, 0.2) is 0 Å². The Balaban J connectivity index is 3.06. The molecule has 0 aromatic rings. The van der Waals surface area contributed by atoms with Crippen LogP contribution in [0.2, 0.25) is 0 Å². The highest BCUT2D eigenvalue weighted by Crippen LogP contribution is 1.94. The van der Waals surface area contributed by atoms with E-state index in [1.807, 2.05) is 0 Å². The molecule has 0 bridgehead atoms. The second-order valence-corrected chi connectivity index (χ2v) is 4.36. The lowest BCUT2D eigenvalue weighted by molar-refractivity contribution is 0.375. The third kappa shape index (κ3) is 7.27. The van der Waals surface area contributed by atoms with Gasteiger partial charge in [0.2, 0.25) is 0 Å². The zero-order valence-corrected chi connectivity index (χ0v) is 10.1. The van der Waals surface area contributed by atoms with E-state index in [0.29, 0.717) is 0 Å². The highest BCUT2D eigenvalue weighted by atomic mass is 127. The topological polar surface area (TPSA) is 6.48 Å². The summed E-state index contributed by atoms with van der Waals surface area (Å²) >= 11 is 4.66. The molecular weight excluding hydrogens is 342 g/mol. The second kappa shape index (κ2) is 6.11. The van der Waals surface area contributed by atoms with Crippen LogP contribution in [0, 0.1) is 0 Å².